The van der Waals surface area contributed by atoms with Gasteiger partial charge in [-0.3, -0.25) is 9.59 Å². The Morgan fingerprint density at radius 2 is 1.62 bits per heavy atom. The largest absolute Gasteiger partial charge is 0.459 e. The molecule has 0 aliphatic carbocycles. The maximum Gasteiger partial charge on any atom is 0.289 e. The lowest BCUT2D eigenvalue weighted by Crippen LogP contribution is -2.53. The van der Waals surface area contributed by atoms with Gasteiger partial charge in [-0.2, -0.15) is 0 Å². The molecule has 9 heteroatoms. The van der Waals surface area contributed by atoms with Crippen molar-refractivity contribution < 1.29 is 18.7 Å². The van der Waals surface area contributed by atoms with E-state index in [-0.39, 0.29) is 17.7 Å². The van der Waals surface area contributed by atoms with Crippen LogP contribution in [0.4, 0.5) is 5.82 Å². The zero-order chi connectivity index (χ0) is 23.3. The van der Waals surface area contributed by atoms with Crippen molar-refractivity contribution in [1.82, 2.24) is 19.8 Å². The molecule has 0 unspecified atom stereocenters. The fourth-order valence-corrected chi connectivity index (χ4v) is 4.47. The highest BCUT2D eigenvalue weighted by atomic mass is 16.5. The zero-order valence-electron chi connectivity index (χ0n) is 18.9. The third kappa shape index (κ3) is 4.88. The molecule has 2 fully saturated rings. The highest BCUT2D eigenvalue weighted by molar-refractivity contribution is 5.91. The quantitative estimate of drug-likeness (QED) is 0.577. The van der Waals surface area contributed by atoms with E-state index in [2.05, 4.69) is 14.9 Å². The van der Waals surface area contributed by atoms with Crippen LogP contribution in [-0.4, -0.2) is 70.9 Å². The van der Waals surface area contributed by atoms with Gasteiger partial charge >= 0.3 is 0 Å². The van der Waals surface area contributed by atoms with Crippen molar-refractivity contribution >= 4 is 17.6 Å². The number of amides is 2. The lowest BCUT2D eigenvalue weighted by molar-refractivity contribution is -0.137. The van der Waals surface area contributed by atoms with Crippen LogP contribution in [0.5, 0.6) is 11.6 Å². The highest BCUT2D eigenvalue weighted by Crippen LogP contribution is 2.27. The monoisotopic (exact) mass is 461 g/mol. The van der Waals surface area contributed by atoms with Crippen LogP contribution in [-0.2, 0) is 4.79 Å². The van der Waals surface area contributed by atoms with Crippen LogP contribution >= 0.6 is 0 Å². The van der Waals surface area contributed by atoms with Gasteiger partial charge in [0.2, 0.25) is 11.8 Å². The molecule has 0 radical (unpaired) electrons. The Hall–Kier alpha value is -3.88. The first-order chi connectivity index (χ1) is 16.7. The van der Waals surface area contributed by atoms with Gasteiger partial charge in [-0.25, -0.2) is 9.97 Å². The number of benzene rings is 1. The summed E-state index contributed by atoms with van der Waals surface area (Å²) < 4.78 is 11.0. The summed E-state index contributed by atoms with van der Waals surface area (Å²) in [5.74, 6) is 2.42. The van der Waals surface area contributed by atoms with Crippen LogP contribution in [0.1, 0.15) is 23.4 Å². The third-order valence-electron chi connectivity index (χ3n) is 6.37. The Morgan fingerprint density at radius 1 is 0.882 bits per heavy atom. The van der Waals surface area contributed by atoms with E-state index < -0.39 is 0 Å². The summed E-state index contributed by atoms with van der Waals surface area (Å²) in [6, 6.07) is 14.7. The van der Waals surface area contributed by atoms with E-state index >= 15 is 0 Å². The molecule has 0 atom stereocenters. The van der Waals surface area contributed by atoms with Gasteiger partial charge in [-0.05, 0) is 37.1 Å². The molecule has 0 bridgehead atoms. The molecule has 1 aromatic carbocycles. The molecule has 2 saturated heterocycles. The highest BCUT2D eigenvalue weighted by Gasteiger charge is 2.32. The summed E-state index contributed by atoms with van der Waals surface area (Å²) in [5, 5.41) is 0. The minimum absolute atomic E-state index is 0.00884. The summed E-state index contributed by atoms with van der Waals surface area (Å²) in [5.41, 5.74) is 0. The second-order valence-electron chi connectivity index (χ2n) is 8.49. The van der Waals surface area contributed by atoms with Gasteiger partial charge in [-0.15, -0.1) is 0 Å². The van der Waals surface area contributed by atoms with Crippen molar-refractivity contribution in [3.05, 3.63) is 66.9 Å². The predicted molar refractivity (Wildman–Crippen MR) is 125 cm³/mol. The van der Waals surface area contributed by atoms with Gasteiger partial charge in [0.1, 0.15) is 17.9 Å². The molecular formula is C25H27N5O4. The van der Waals surface area contributed by atoms with Crippen LogP contribution in [0.2, 0.25) is 0 Å². The zero-order valence-corrected chi connectivity index (χ0v) is 18.9. The number of piperazine rings is 1. The number of aromatic nitrogens is 2. The first-order valence-corrected chi connectivity index (χ1v) is 11.6. The average molecular weight is 462 g/mol. The molecule has 9 nitrogen and oxygen atoms in total. The fraction of sp³-hybridized carbons (Fsp3) is 0.360. The van der Waals surface area contributed by atoms with Gasteiger partial charge in [0.05, 0.1) is 6.26 Å². The Kier molecular flexibility index (Phi) is 6.42. The smallest absolute Gasteiger partial charge is 0.289 e. The van der Waals surface area contributed by atoms with Gasteiger partial charge in [0, 0.05) is 51.3 Å². The van der Waals surface area contributed by atoms with Crippen LogP contribution in [0.3, 0.4) is 0 Å². The Morgan fingerprint density at radius 3 is 2.32 bits per heavy atom. The van der Waals surface area contributed by atoms with Crippen LogP contribution < -0.4 is 9.64 Å². The average Bonchev–Trinajstić information content (AvgIpc) is 3.44. The Bertz CT molecular complexity index is 1110. The van der Waals surface area contributed by atoms with Crippen molar-refractivity contribution in [3.63, 3.8) is 0 Å². The van der Waals surface area contributed by atoms with E-state index in [1.54, 1.807) is 17.0 Å². The SMILES string of the molecule is O=C(c1ccco1)N1CCN(C(=O)C2CCN(c3cc(Oc4ccccc4)ncn3)CC2)CC1. The number of piperidine rings is 1. The van der Waals surface area contributed by atoms with E-state index in [9.17, 15) is 9.59 Å². The van der Waals surface area contributed by atoms with E-state index in [1.165, 1.54) is 12.6 Å². The molecule has 2 amide bonds. The Balaban J connectivity index is 1.12. The summed E-state index contributed by atoms with van der Waals surface area (Å²) >= 11 is 0. The number of carbonyl (C=O) groups excluding carboxylic acids is 2. The maximum atomic E-state index is 13.1. The number of furan rings is 1. The number of carbonyl (C=O) groups is 2. The van der Waals surface area contributed by atoms with Gasteiger partial charge in [-0.1, -0.05) is 18.2 Å². The molecule has 0 saturated carbocycles. The molecule has 5 rings (SSSR count). The van der Waals surface area contributed by atoms with Crippen LogP contribution in [0.15, 0.2) is 65.5 Å². The lowest BCUT2D eigenvalue weighted by atomic mass is 9.95. The number of anilines is 1. The standard InChI is InChI=1S/C25H27N5O4/c31-24(29-12-14-30(15-13-29)25(32)21-7-4-16-33-21)19-8-10-28(11-9-19)22-17-23(27-18-26-22)34-20-5-2-1-3-6-20/h1-7,16-19H,8-15H2. The molecular weight excluding hydrogens is 434 g/mol. The first kappa shape index (κ1) is 21.9. The minimum atomic E-state index is -0.120. The lowest BCUT2D eigenvalue weighted by Gasteiger charge is -2.38. The maximum absolute atomic E-state index is 13.1. The molecule has 3 aromatic rings. The minimum Gasteiger partial charge on any atom is -0.459 e. The van der Waals surface area contributed by atoms with Crippen molar-refractivity contribution in [2.75, 3.05) is 44.2 Å². The summed E-state index contributed by atoms with van der Waals surface area (Å²) in [6.07, 6.45) is 4.54. The van der Waals surface area contributed by atoms with Crippen molar-refractivity contribution in [1.29, 1.82) is 0 Å². The second-order valence-corrected chi connectivity index (χ2v) is 8.49. The molecule has 0 N–H and O–H groups in total. The molecule has 2 aliphatic rings. The van der Waals surface area contributed by atoms with E-state index in [4.69, 9.17) is 9.15 Å². The normalized spacial score (nSPS) is 17.0. The van der Waals surface area contributed by atoms with Crippen LogP contribution in [0.25, 0.3) is 0 Å². The molecule has 176 valence electrons. The topological polar surface area (TPSA) is 92.0 Å². The summed E-state index contributed by atoms with van der Waals surface area (Å²) in [4.78, 5) is 40.0. The molecule has 4 heterocycles. The second kappa shape index (κ2) is 9.94. The number of rotatable bonds is 5. The Labute approximate surface area is 197 Å². The van der Waals surface area contributed by atoms with Crippen molar-refractivity contribution in [2.45, 2.75) is 12.8 Å². The van der Waals surface area contributed by atoms with Crippen molar-refractivity contribution in [2.24, 2.45) is 5.92 Å². The van der Waals surface area contributed by atoms with Crippen LogP contribution in [0, 0.1) is 5.92 Å². The van der Waals surface area contributed by atoms with E-state index in [0.29, 0.717) is 37.8 Å². The third-order valence-corrected chi connectivity index (χ3v) is 6.37. The number of para-hydroxylation sites is 1. The number of hydrogen-bond donors (Lipinski definition) is 0. The summed E-state index contributed by atoms with van der Waals surface area (Å²) in [7, 11) is 0. The van der Waals surface area contributed by atoms with Gasteiger partial charge < -0.3 is 23.9 Å². The van der Waals surface area contributed by atoms with Crippen molar-refractivity contribution in [3.8, 4) is 11.6 Å². The molecule has 34 heavy (non-hydrogen) atoms. The molecule has 2 aromatic heterocycles. The fourth-order valence-electron chi connectivity index (χ4n) is 4.47. The van der Waals surface area contributed by atoms with E-state index in [0.717, 1.165) is 37.5 Å². The molecule has 0 spiro atoms. The summed E-state index contributed by atoms with van der Waals surface area (Å²) in [6.45, 7) is 3.64. The number of hydrogen-bond acceptors (Lipinski definition) is 7. The molecule has 2 aliphatic heterocycles. The predicted octanol–water partition coefficient (Wildman–Crippen LogP) is 3.06. The first-order valence-electron chi connectivity index (χ1n) is 11.6. The van der Waals surface area contributed by atoms with E-state index in [1.807, 2.05) is 41.3 Å². The number of nitrogens with zero attached hydrogens (tertiary/aromatic N) is 5. The number of ether oxygens (including phenoxy) is 1. The van der Waals surface area contributed by atoms with Gasteiger partial charge in [0.25, 0.3) is 5.91 Å². The van der Waals surface area contributed by atoms with Gasteiger partial charge in [0.15, 0.2) is 5.76 Å².